The first-order valence-electron chi connectivity index (χ1n) is 7.70. The molecule has 0 unspecified atom stereocenters. The van der Waals surface area contributed by atoms with Crippen molar-refractivity contribution in [1.82, 2.24) is 5.32 Å². The van der Waals surface area contributed by atoms with Crippen LogP contribution in [-0.2, 0) is 20.9 Å². The Morgan fingerprint density at radius 3 is 2.33 bits per heavy atom. The summed E-state index contributed by atoms with van der Waals surface area (Å²) in [6, 6.07) is 15.1. The molecule has 2 rings (SSSR count). The number of hydrogen-bond donors (Lipinski definition) is 1. The molecule has 0 fully saturated rings. The summed E-state index contributed by atoms with van der Waals surface area (Å²) in [5.41, 5.74) is 3.03. The number of ether oxygens (including phenoxy) is 2. The Morgan fingerprint density at radius 2 is 1.67 bits per heavy atom. The molecule has 2 aromatic carbocycles. The van der Waals surface area contributed by atoms with E-state index in [1.165, 1.54) is 0 Å². The third kappa shape index (κ3) is 6.12. The Bertz CT molecular complexity index is 678. The van der Waals surface area contributed by atoms with Crippen molar-refractivity contribution in [3.05, 3.63) is 65.2 Å². The van der Waals surface area contributed by atoms with Crippen molar-refractivity contribution in [2.45, 2.75) is 20.5 Å². The summed E-state index contributed by atoms with van der Waals surface area (Å²) in [5, 5.41) is 2.48. The minimum atomic E-state index is -0.487. The van der Waals surface area contributed by atoms with Crippen molar-refractivity contribution >= 4 is 11.9 Å². The van der Waals surface area contributed by atoms with Gasteiger partial charge < -0.3 is 14.8 Å². The Kier molecular flexibility index (Phi) is 6.37. The second kappa shape index (κ2) is 8.72. The fourth-order valence-electron chi connectivity index (χ4n) is 2.18. The molecule has 5 nitrogen and oxygen atoms in total. The van der Waals surface area contributed by atoms with Crippen LogP contribution < -0.4 is 10.1 Å². The minimum absolute atomic E-state index is 0.144. The molecule has 0 radical (unpaired) electrons. The number of benzene rings is 2. The molecule has 0 atom stereocenters. The van der Waals surface area contributed by atoms with E-state index in [0.29, 0.717) is 5.75 Å². The zero-order valence-electron chi connectivity index (χ0n) is 13.9. The van der Waals surface area contributed by atoms with Crippen LogP contribution in [0.2, 0.25) is 0 Å². The first-order chi connectivity index (χ1) is 11.5. The summed E-state index contributed by atoms with van der Waals surface area (Å²) in [5.74, 6) is -0.223. The quantitative estimate of drug-likeness (QED) is 0.794. The number of carbonyl (C=O) groups excluding carboxylic acids is 2. The highest BCUT2D eigenvalue weighted by atomic mass is 16.5. The third-order valence-corrected chi connectivity index (χ3v) is 3.24. The van der Waals surface area contributed by atoms with E-state index in [1.54, 1.807) is 0 Å². The second-order valence-corrected chi connectivity index (χ2v) is 5.54. The van der Waals surface area contributed by atoms with Gasteiger partial charge in [-0.15, -0.1) is 0 Å². The predicted molar refractivity (Wildman–Crippen MR) is 90.7 cm³/mol. The summed E-state index contributed by atoms with van der Waals surface area (Å²) in [7, 11) is 0. The Balaban J connectivity index is 1.68. The highest BCUT2D eigenvalue weighted by Gasteiger charge is 2.08. The van der Waals surface area contributed by atoms with Gasteiger partial charge in [-0.05, 0) is 42.7 Å². The number of hydrogen-bond acceptors (Lipinski definition) is 4. The van der Waals surface area contributed by atoms with E-state index in [1.807, 2.05) is 62.4 Å². The van der Waals surface area contributed by atoms with E-state index in [4.69, 9.17) is 9.47 Å². The number of carbonyl (C=O) groups is 2. The smallest absolute Gasteiger partial charge is 0.325 e. The largest absolute Gasteiger partial charge is 0.484 e. The number of nitrogens with one attached hydrogen (secondary N) is 1. The highest BCUT2D eigenvalue weighted by Crippen LogP contribution is 2.15. The van der Waals surface area contributed by atoms with Gasteiger partial charge in [-0.1, -0.05) is 36.4 Å². The number of amides is 1. The summed E-state index contributed by atoms with van der Waals surface area (Å²) in [6.45, 7) is 3.79. The fraction of sp³-hybridized carbons (Fsp3) is 0.263. The van der Waals surface area contributed by atoms with Crippen molar-refractivity contribution in [3.8, 4) is 5.75 Å². The molecule has 1 N–H and O–H groups in total. The minimum Gasteiger partial charge on any atom is -0.484 e. The monoisotopic (exact) mass is 327 g/mol. The zero-order chi connectivity index (χ0) is 17.4. The maximum Gasteiger partial charge on any atom is 0.325 e. The molecule has 1 amide bonds. The molecule has 0 spiro atoms. The van der Waals surface area contributed by atoms with Gasteiger partial charge in [-0.25, -0.2) is 0 Å². The Morgan fingerprint density at radius 1 is 1.00 bits per heavy atom. The normalized spacial score (nSPS) is 10.1. The van der Waals surface area contributed by atoms with E-state index in [0.717, 1.165) is 16.7 Å². The van der Waals surface area contributed by atoms with Crippen LogP contribution in [0.1, 0.15) is 16.7 Å². The number of rotatable bonds is 7. The van der Waals surface area contributed by atoms with Crippen LogP contribution >= 0.6 is 0 Å². The summed E-state index contributed by atoms with van der Waals surface area (Å²) in [4.78, 5) is 23.3. The average Bonchev–Trinajstić information content (AvgIpc) is 2.56. The van der Waals surface area contributed by atoms with Gasteiger partial charge in [0.25, 0.3) is 5.91 Å². The molecular weight excluding hydrogens is 306 g/mol. The van der Waals surface area contributed by atoms with E-state index in [-0.39, 0.29) is 25.7 Å². The molecule has 0 aliphatic rings. The lowest BCUT2D eigenvalue weighted by molar-refractivity contribution is -0.145. The molecule has 0 bridgehead atoms. The topological polar surface area (TPSA) is 64.6 Å². The van der Waals surface area contributed by atoms with Crippen LogP contribution in [0.5, 0.6) is 5.75 Å². The predicted octanol–water partition coefficient (Wildman–Crippen LogP) is 2.54. The second-order valence-electron chi connectivity index (χ2n) is 5.54. The van der Waals surface area contributed by atoms with E-state index < -0.39 is 5.97 Å². The molecule has 2 aromatic rings. The molecule has 0 saturated carbocycles. The van der Waals surface area contributed by atoms with Gasteiger partial charge in [0.05, 0.1) is 0 Å². The molecule has 0 aromatic heterocycles. The third-order valence-electron chi connectivity index (χ3n) is 3.24. The summed E-state index contributed by atoms with van der Waals surface area (Å²) in [6.07, 6.45) is 0. The van der Waals surface area contributed by atoms with Crippen molar-refractivity contribution in [2.24, 2.45) is 0 Å². The number of aryl methyl sites for hydroxylation is 2. The van der Waals surface area contributed by atoms with Gasteiger partial charge in [0.1, 0.15) is 18.9 Å². The molecule has 126 valence electrons. The molecular formula is C19H21NO4. The highest BCUT2D eigenvalue weighted by molar-refractivity contribution is 5.82. The van der Waals surface area contributed by atoms with Crippen LogP contribution in [-0.4, -0.2) is 25.0 Å². The lowest BCUT2D eigenvalue weighted by Gasteiger charge is -2.09. The van der Waals surface area contributed by atoms with Crippen molar-refractivity contribution < 1.29 is 19.1 Å². The Hall–Kier alpha value is -2.82. The van der Waals surface area contributed by atoms with E-state index in [2.05, 4.69) is 5.32 Å². The van der Waals surface area contributed by atoms with Crippen LogP contribution in [0.4, 0.5) is 0 Å². The molecule has 0 aliphatic heterocycles. The van der Waals surface area contributed by atoms with Crippen molar-refractivity contribution in [2.75, 3.05) is 13.2 Å². The van der Waals surface area contributed by atoms with Gasteiger partial charge >= 0.3 is 5.97 Å². The molecule has 0 aliphatic carbocycles. The fourth-order valence-corrected chi connectivity index (χ4v) is 2.18. The summed E-state index contributed by atoms with van der Waals surface area (Å²) < 4.78 is 10.5. The van der Waals surface area contributed by atoms with E-state index in [9.17, 15) is 9.59 Å². The first kappa shape index (κ1) is 17.5. The lowest BCUT2D eigenvalue weighted by Crippen LogP contribution is -2.34. The van der Waals surface area contributed by atoms with Gasteiger partial charge in [0, 0.05) is 0 Å². The standard InChI is InChI=1S/C19H21NO4/c1-14-8-15(2)10-17(9-14)23-13-18(21)20-11-19(22)24-12-16-6-4-3-5-7-16/h3-10H,11-13H2,1-2H3,(H,20,21). The maximum atomic E-state index is 11.7. The van der Waals surface area contributed by atoms with Crippen molar-refractivity contribution in [3.63, 3.8) is 0 Å². The number of esters is 1. The SMILES string of the molecule is Cc1cc(C)cc(OCC(=O)NCC(=O)OCc2ccccc2)c1. The zero-order valence-corrected chi connectivity index (χ0v) is 13.9. The average molecular weight is 327 g/mol. The molecule has 24 heavy (non-hydrogen) atoms. The molecule has 0 heterocycles. The van der Waals surface area contributed by atoms with Crippen LogP contribution in [0.3, 0.4) is 0 Å². The lowest BCUT2D eigenvalue weighted by atomic mass is 10.1. The van der Waals surface area contributed by atoms with E-state index >= 15 is 0 Å². The van der Waals surface area contributed by atoms with Gasteiger partial charge in [-0.2, -0.15) is 0 Å². The van der Waals surface area contributed by atoms with Crippen LogP contribution in [0, 0.1) is 13.8 Å². The van der Waals surface area contributed by atoms with Gasteiger partial charge in [0.2, 0.25) is 0 Å². The summed E-state index contributed by atoms with van der Waals surface area (Å²) >= 11 is 0. The van der Waals surface area contributed by atoms with Crippen LogP contribution in [0.15, 0.2) is 48.5 Å². The molecule has 5 heteroatoms. The maximum absolute atomic E-state index is 11.7. The van der Waals surface area contributed by atoms with Gasteiger partial charge in [0.15, 0.2) is 6.61 Å². The first-order valence-corrected chi connectivity index (χ1v) is 7.70. The van der Waals surface area contributed by atoms with Crippen molar-refractivity contribution in [1.29, 1.82) is 0 Å². The Labute approximate surface area is 141 Å². The van der Waals surface area contributed by atoms with Gasteiger partial charge in [-0.3, -0.25) is 9.59 Å². The molecule has 0 saturated heterocycles. The van der Waals surface area contributed by atoms with Crippen LogP contribution in [0.25, 0.3) is 0 Å².